The Bertz CT molecular complexity index is 622. The van der Waals surface area contributed by atoms with Gasteiger partial charge in [-0.2, -0.15) is 0 Å². The summed E-state index contributed by atoms with van der Waals surface area (Å²) in [5.74, 6) is 0.599. The van der Waals surface area contributed by atoms with Gasteiger partial charge in [0, 0.05) is 18.7 Å². The first-order valence-electron chi connectivity index (χ1n) is 6.61. The van der Waals surface area contributed by atoms with Crippen molar-refractivity contribution in [2.75, 3.05) is 20.2 Å². The maximum atomic E-state index is 12.5. The molecule has 1 heterocycles. The summed E-state index contributed by atoms with van der Waals surface area (Å²) in [6.45, 7) is 3.52. The van der Waals surface area contributed by atoms with Crippen molar-refractivity contribution in [2.45, 2.75) is 24.3 Å². The Morgan fingerprint density at radius 3 is 2.67 bits per heavy atom. The van der Waals surface area contributed by atoms with Crippen LogP contribution >= 0.6 is 23.2 Å². The standard InChI is InChI=1S/C13H18Cl2N2O3S/c1-8-3-4-16-7-11(8)17-21(18,19)13-6-9(14)12(20-2)5-10(13)15/h5-6,8,11,16-17H,3-4,7H2,1-2H3. The molecule has 0 radical (unpaired) electrons. The molecule has 1 fully saturated rings. The van der Waals surface area contributed by atoms with Crippen LogP contribution in [0.15, 0.2) is 17.0 Å². The van der Waals surface area contributed by atoms with Crippen LogP contribution in [0.3, 0.4) is 0 Å². The predicted octanol–water partition coefficient (Wildman–Crippen LogP) is 2.28. The number of methoxy groups -OCH3 is 1. The molecule has 2 unspecified atom stereocenters. The van der Waals surface area contributed by atoms with Crippen LogP contribution in [0.2, 0.25) is 10.0 Å². The van der Waals surface area contributed by atoms with Gasteiger partial charge in [-0.3, -0.25) is 0 Å². The van der Waals surface area contributed by atoms with Gasteiger partial charge in [0.1, 0.15) is 10.6 Å². The Labute approximate surface area is 135 Å². The van der Waals surface area contributed by atoms with Gasteiger partial charge in [-0.15, -0.1) is 0 Å². The third kappa shape index (κ3) is 3.81. The van der Waals surface area contributed by atoms with Gasteiger partial charge in [-0.1, -0.05) is 30.1 Å². The van der Waals surface area contributed by atoms with E-state index in [0.717, 1.165) is 13.0 Å². The summed E-state index contributed by atoms with van der Waals surface area (Å²) < 4.78 is 32.7. The van der Waals surface area contributed by atoms with E-state index in [1.807, 2.05) is 6.92 Å². The SMILES string of the molecule is COc1cc(Cl)c(S(=O)(=O)NC2CNCCC2C)cc1Cl. The fraction of sp³-hybridized carbons (Fsp3) is 0.538. The molecule has 1 aliphatic rings. The maximum Gasteiger partial charge on any atom is 0.242 e. The number of piperidine rings is 1. The molecule has 0 spiro atoms. The largest absolute Gasteiger partial charge is 0.495 e. The zero-order chi connectivity index (χ0) is 15.6. The van der Waals surface area contributed by atoms with Gasteiger partial charge in [0.15, 0.2) is 0 Å². The Hall–Kier alpha value is -0.530. The minimum absolute atomic E-state index is 0.0345. The second kappa shape index (κ2) is 6.71. The van der Waals surface area contributed by atoms with E-state index in [9.17, 15) is 8.42 Å². The van der Waals surface area contributed by atoms with E-state index in [2.05, 4.69) is 10.0 Å². The zero-order valence-corrected chi connectivity index (χ0v) is 14.1. The number of sulfonamides is 1. The normalized spacial score (nSPS) is 23.0. The quantitative estimate of drug-likeness (QED) is 0.872. The van der Waals surface area contributed by atoms with Crippen LogP contribution in [-0.4, -0.2) is 34.7 Å². The first-order valence-corrected chi connectivity index (χ1v) is 8.85. The molecule has 1 saturated heterocycles. The number of rotatable bonds is 4. The molecule has 2 N–H and O–H groups in total. The van der Waals surface area contributed by atoms with E-state index in [1.165, 1.54) is 19.2 Å². The molecule has 21 heavy (non-hydrogen) atoms. The summed E-state index contributed by atoms with van der Waals surface area (Å²) >= 11 is 12.0. The first-order chi connectivity index (χ1) is 9.85. The highest BCUT2D eigenvalue weighted by molar-refractivity contribution is 7.89. The Morgan fingerprint density at radius 1 is 1.33 bits per heavy atom. The highest BCUT2D eigenvalue weighted by atomic mass is 35.5. The van der Waals surface area contributed by atoms with Crippen LogP contribution in [0.25, 0.3) is 0 Å². The van der Waals surface area contributed by atoms with Crippen LogP contribution in [0, 0.1) is 5.92 Å². The van der Waals surface area contributed by atoms with Gasteiger partial charge >= 0.3 is 0 Å². The Morgan fingerprint density at radius 2 is 2.05 bits per heavy atom. The van der Waals surface area contributed by atoms with E-state index in [-0.39, 0.29) is 26.9 Å². The highest BCUT2D eigenvalue weighted by Gasteiger charge is 2.28. The molecule has 1 aliphatic heterocycles. The number of ether oxygens (including phenoxy) is 1. The third-order valence-corrected chi connectivity index (χ3v) is 5.88. The molecule has 0 saturated carbocycles. The van der Waals surface area contributed by atoms with E-state index in [1.54, 1.807) is 0 Å². The Balaban J connectivity index is 2.29. The lowest BCUT2D eigenvalue weighted by atomic mass is 9.96. The van der Waals surface area contributed by atoms with E-state index >= 15 is 0 Å². The average Bonchev–Trinajstić information content (AvgIpc) is 2.43. The van der Waals surface area contributed by atoms with Gasteiger partial charge in [0.25, 0.3) is 0 Å². The minimum atomic E-state index is -3.73. The molecular formula is C13H18Cl2N2O3S. The van der Waals surface area contributed by atoms with E-state index in [0.29, 0.717) is 12.3 Å². The summed E-state index contributed by atoms with van der Waals surface area (Å²) in [4.78, 5) is -0.0345. The fourth-order valence-electron chi connectivity index (χ4n) is 2.28. The second-order valence-corrected chi connectivity index (χ2v) is 7.61. The summed E-state index contributed by atoms with van der Waals surface area (Å²) in [5.41, 5.74) is 0. The topological polar surface area (TPSA) is 67.4 Å². The van der Waals surface area contributed by atoms with Crippen LogP contribution in [0.4, 0.5) is 0 Å². The van der Waals surface area contributed by atoms with Crippen LogP contribution in [-0.2, 0) is 10.0 Å². The monoisotopic (exact) mass is 352 g/mol. The zero-order valence-electron chi connectivity index (χ0n) is 11.8. The molecular weight excluding hydrogens is 335 g/mol. The molecule has 0 aromatic heterocycles. The summed E-state index contributed by atoms with van der Waals surface area (Å²) in [7, 11) is -2.29. The second-order valence-electron chi connectivity index (χ2n) is 5.12. The third-order valence-electron chi connectivity index (χ3n) is 3.63. The summed E-state index contributed by atoms with van der Waals surface area (Å²) in [6, 6.07) is 2.55. The molecule has 0 aliphatic carbocycles. The van der Waals surface area contributed by atoms with Crippen molar-refractivity contribution in [3.63, 3.8) is 0 Å². The van der Waals surface area contributed by atoms with Crippen molar-refractivity contribution >= 4 is 33.2 Å². The number of halogens is 2. The predicted molar refractivity (Wildman–Crippen MR) is 83.8 cm³/mol. The van der Waals surface area contributed by atoms with E-state index in [4.69, 9.17) is 27.9 Å². The van der Waals surface area contributed by atoms with Gasteiger partial charge in [-0.25, -0.2) is 13.1 Å². The maximum absolute atomic E-state index is 12.5. The number of nitrogens with one attached hydrogen (secondary N) is 2. The first kappa shape index (κ1) is 16.8. The molecule has 0 amide bonds. The molecule has 118 valence electrons. The van der Waals surface area contributed by atoms with Crippen molar-refractivity contribution in [1.29, 1.82) is 0 Å². The molecule has 5 nitrogen and oxygen atoms in total. The van der Waals surface area contributed by atoms with Crippen molar-refractivity contribution in [3.05, 3.63) is 22.2 Å². The van der Waals surface area contributed by atoms with Crippen LogP contribution in [0.5, 0.6) is 5.75 Å². The summed E-state index contributed by atoms with van der Waals surface area (Å²) in [5, 5.41) is 3.47. The van der Waals surface area contributed by atoms with Crippen molar-refractivity contribution < 1.29 is 13.2 Å². The Kier molecular flexibility index (Phi) is 5.38. The van der Waals surface area contributed by atoms with Gasteiger partial charge in [0.2, 0.25) is 10.0 Å². The molecule has 8 heteroatoms. The number of hydrogen-bond acceptors (Lipinski definition) is 4. The lowest BCUT2D eigenvalue weighted by molar-refractivity contribution is 0.327. The fourth-order valence-corrected chi connectivity index (χ4v) is 4.48. The van der Waals surface area contributed by atoms with Gasteiger partial charge in [0.05, 0.1) is 17.2 Å². The van der Waals surface area contributed by atoms with E-state index < -0.39 is 10.0 Å². The minimum Gasteiger partial charge on any atom is -0.495 e. The van der Waals surface area contributed by atoms with Crippen LogP contribution < -0.4 is 14.8 Å². The van der Waals surface area contributed by atoms with Crippen molar-refractivity contribution in [1.82, 2.24) is 10.0 Å². The lowest BCUT2D eigenvalue weighted by Gasteiger charge is -2.30. The number of benzene rings is 1. The molecule has 1 aromatic rings. The number of hydrogen-bond donors (Lipinski definition) is 2. The van der Waals surface area contributed by atoms with Crippen LogP contribution in [0.1, 0.15) is 13.3 Å². The molecule has 1 aromatic carbocycles. The lowest BCUT2D eigenvalue weighted by Crippen LogP contribution is -2.50. The van der Waals surface area contributed by atoms with Gasteiger partial charge in [-0.05, 0) is 24.9 Å². The smallest absolute Gasteiger partial charge is 0.242 e. The molecule has 2 atom stereocenters. The van der Waals surface area contributed by atoms with Gasteiger partial charge < -0.3 is 10.1 Å². The molecule has 2 rings (SSSR count). The van der Waals surface area contributed by atoms with Crippen molar-refractivity contribution in [2.24, 2.45) is 5.92 Å². The van der Waals surface area contributed by atoms with Crippen molar-refractivity contribution in [3.8, 4) is 5.75 Å². The highest BCUT2D eigenvalue weighted by Crippen LogP contribution is 2.33. The summed E-state index contributed by atoms with van der Waals surface area (Å²) in [6.07, 6.45) is 0.921. The average molecular weight is 353 g/mol. The molecule has 0 bridgehead atoms.